The summed E-state index contributed by atoms with van der Waals surface area (Å²) in [4.78, 5) is 4.12. The van der Waals surface area contributed by atoms with Gasteiger partial charge in [0.15, 0.2) is 0 Å². The van der Waals surface area contributed by atoms with E-state index in [1.54, 1.807) is 6.20 Å². The van der Waals surface area contributed by atoms with Crippen LogP contribution >= 0.6 is 0 Å². The highest BCUT2D eigenvalue weighted by atomic mass is 15.1. The average molecular weight is 277 g/mol. The van der Waals surface area contributed by atoms with Crippen LogP contribution in [0.3, 0.4) is 0 Å². The molecule has 3 heteroatoms. The molecule has 0 bridgehead atoms. The van der Waals surface area contributed by atoms with E-state index >= 15 is 0 Å². The summed E-state index contributed by atoms with van der Waals surface area (Å²) < 4.78 is 2.02. The zero-order chi connectivity index (χ0) is 14.7. The Bertz CT molecular complexity index is 717. The van der Waals surface area contributed by atoms with Gasteiger partial charge in [0.2, 0.25) is 0 Å². The molecule has 0 aliphatic heterocycles. The number of aromatic nitrogens is 2. The van der Waals surface area contributed by atoms with Gasteiger partial charge in [-0.3, -0.25) is 0 Å². The summed E-state index contributed by atoms with van der Waals surface area (Å²) in [6, 6.07) is 17.1. The molecule has 0 aliphatic rings. The Labute approximate surface area is 125 Å². The molecule has 1 unspecified atom stereocenters. The molecular weight excluding hydrogens is 258 g/mol. The number of para-hydroxylation sites is 2. The first-order chi connectivity index (χ1) is 10.2. The first-order valence-corrected chi connectivity index (χ1v) is 7.14. The molecule has 0 amide bonds. The smallest absolute Gasteiger partial charge is 0.0992 e. The highest BCUT2D eigenvalue weighted by Crippen LogP contribution is 2.25. The monoisotopic (exact) mass is 277 g/mol. The van der Waals surface area contributed by atoms with Gasteiger partial charge in [0.05, 0.1) is 17.7 Å². The van der Waals surface area contributed by atoms with Crippen molar-refractivity contribution in [3.05, 3.63) is 78.4 Å². The average Bonchev–Trinajstić information content (AvgIpc) is 3.02. The van der Waals surface area contributed by atoms with Crippen LogP contribution in [0.2, 0.25) is 0 Å². The number of benzene rings is 2. The molecule has 3 aromatic rings. The molecule has 1 aromatic heterocycles. The second-order valence-electron chi connectivity index (χ2n) is 5.27. The molecule has 3 nitrogen and oxygen atoms in total. The number of nitrogens with one attached hydrogen (secondary N) is 1. The standard InChI is InChI=1S/C18H19N3/c1-14-6-5-7-16(12-14)15(2)20-17-8-3-4-9-18(17)21-11-10-19-13-21/h3-13,15,20H,1-2H3. The van der Waals surface area contributed by atoms with E-state index in [2.05, 4.69) is 60.5 Å². The number of nitrogens with zero attached hydrogens (tertiary/aromatic N) is 2. The normalized spacial score (nSPS) is 12.1. The number of hydrogen-bond donors (Lipinski definition) is 1. The van der Waals surface area contributed by atoms with Crippen molar-refractivity contribution in [3.63, 3.8) is 0 Å². The van der Waals surface area contributed by atoms with Crippen molar-refractivity contribution in [1.29, 1.82) is 0 Å². The van der Waals surface area contributed by atoms with Crippen LogP contribution in [0.25, 0.3) is 5.69 Å². The number of imidazole rings is 1. The summed E-state index contributed by atoms with van der Waals surface area (Å²) in [5.74, 6) is 0. The van der Waals surface area contributed by atoms with E-state index in [9.17, 15) is 0 Å². The van der Waals surface area contributed by atoms with E-state index in [4.69, 9.17) is 0 Å². The molecule has 0 aliphatic carbocycles. The van der Waals surface area contributed by atoms with E-state index < -0.39 is 0 Å². The third kappa shape index (κ3) is 2.97. The molecule has 1 N–H and O–H groups in total. The van der Waals surface area contributed by atoms with Gasteiger partial charge in [-0.25, -0.2) is 4.98 Å². The number of hydrogen-bond acceptors (Lipinski definition) is 2. The Morgan fingerprint density at radius 1 is 1.10 bits per heavy atom. The maximum atomic E-state index is 4.12. The van der Waals surface area contributed by atoms with Gasteiger partial charge < -0.3 is 9.88 Å². The van der Waals surface area contributed by atoms with Crippen molar-refractivity contribution >= 4 is 5.69 Å². The fraction of sp³-hybridized carbons (Fsp3) is 0.167. The third-order valence-corrected chi connectivity index (χ3v) is 3.60. The van der Waals surface area contributed by atoms with E-state index in [1.807, 2.05) is 29.2 Å². The lowest BCUT2D eigenvalue weighted by Crippen LogP contribution is -2.09. The van der Waals surface area contributed by atoms with Crippen LogP contribution in [0.1, 0.15) is 24.1 Å². The van der Waals surface area contributed by atoms with Crippen molar-refractivity contribution < 1.29 is 0 Å². The van der Waals surface area contributed by atoms with Gasteiger partial charge in [-0.05, 0) is 31.5 Å². The van der Waals surface area contributed by atoms with Crippen LogP contribution < -0.4 is 5.32 Å². The van der Waals surface area contributed by atoms with Crippen LogP contribution in [0.5, 0.6) is 0 Å². The summed E-state index contributed by atoms with van der Waals surface area (Å²) in [7, 11) is 0. The van der Waals surface area contributed by atoms with Crippen molar-refractivity contribution in [2.75, 3.05) is 5.32 Å². The predicted molar refractivity (Wildman–Crippen MR) is 86.8 cm³/mol. The highest BCUT2D eigenvalue weighted by molar-refractivity contribution is 5.61. The first-order valence-electron chi connectivity index (χ1n) is 7.14. The molecule has 0 radical (unpaired) electrons. The third-order valence-electron chi connectivity index (χ3n) is 3.60. The van der Waals surface area contributed by atoms with E-state index in [1.165, 1.54) is 11.1 Å². The number of rotatable bonds is 4. The lowest BCUT2D eigenvalue weighted by molar-refractivity contribution is 0.877. The molecule has 21 heavy (non-hydrogen) atoms. The molecule has 106 valence electrons. The quantitative estimate of drug-likeness (QED) is 0.768. The first kappa shape index (κ1) is 13.4. The molecule has 1 atom stereocenters. The lowest BCUT2D eigenvalue weighted by atomic mass is 10.1. The predicted octanol–water partition coefficient (Wildman–Crippen LogP) is 4.35. The van der Waals surface area contributed by atoms with Crippen molar-refractivity contribution in [2.45, 2.75) is 19.9 Å². The zero-order valence-corrected chi connectivity index (χ0v) is 12.3. The van der Waals surface area contributed by atoms with Gasteiger partial charge in [0.1, 0.15) is 0 Å². The summed E-state index contributed by atoms with van der Waals surface area (Å²) in [5, 5.41) is 3.59. The molecule has 0 fully saturated rings. The molecule has 0 spiro atoms. The number of anilines is 1. The molecule has 1 heterocycles. The van der Waals surface area contributed by atoms with Gasteiger partial charge in [-0.15, -0.1) is 0 Å². The minimum atomic E-state index is 0.245. The van der Waals surface area contributed by atoms with Gasteiger partial charge in [-0.1, -0.05) is 42.0 Å². The summed E-state index contributed by atoms with van der Waals surface area (Å²) in [6.07, 6.45) is 5.57. The van der Waals surface area contributed by atoms with E-state index in [0.717, 1.165) is 11.4 Å². The largest absolute Gasteiger partial charge is 0.377 e. The minimum Gasteiger partial charge on any atom is -0.377 e. The van der Waals surface area contributed by atoms with E-state index in [0.29, 0.717) is 0 Å². The van der Waals surface area contributed by atoms with Gasteiger partial charge in [0, 0.05) is 18.4 Å². The lowest BCUT2D eigenvalue weighted by Gasteiger charge is -2.19. The molecular formula is C18H19N3. The Morgan fingerprint density at radius 3 is 2.71 bits per heavy atom. The highest BCUT2D eigenvalue weighted by Gasteiger charge is 2.09. The maximum Gasteiger partial charge on any atom is 0.0992 e. The van der Waals surface area contributed by atoms with Crippen molar-refractivity contribution in [3.8, 4) is 5.69 Å². The summed E-state index contributed by atoms with van der Waals surface area (Å²) in [5.41, 5.74) is 4.78. The van der Waals surface area contributed by atoms with Crippen LogP contribution in [-0.4, -0.2) is 9.55 Å². The van der Waals surface area contributed by atoms with Crippen molar-refractivity contribution in [1.82, 2.24) is 9.55 Å². The minimum absolute atomic E-state index is 0.245. The van der Waals surface area contributed by atoms with Crippen LogP contribution in [0, 0.1) is 6.92 Å². The SMILES string of the molecule is Cc1cccc(C(C)Nc2ccccc2-n2ccnc2)c1. The van der Waals surface area contributed by atoms with Crippen molar-refractivity contribution in [2.24, 2.45) is 0 Å². The maximum absolute atomic E-state index is 4.12. The molecule has 2 aromatic carbocycles. The Balaban J connectivity index is 1.88. The topological polar surface area (TPSA) is 29.9 Å². The second-order valence-corrected chi connectivity index (χ2v) is 5.27. The van der Waals surface area contributed by atoms with E-state index in [-0.39, 0.29) is 6.04 Å². The molecule has 3 rings (SSSR count). The Hall–Kier alpha value is -2.55. The summed E-state index contributed by atoms with van der Waals surface area (Å²) >= 11 is 0. The van der Waals surface area contributed by atoms with Crippen LogP contribution in [-0.2, 0) is 0 Å². The fourth-order valence-corrected chi connectivity index (χ4v) is 2.48. The van der Waals surface area contributed by atoms with Crippen LogP contribution in [0.4, 0.5) is 5.69 Å². The number of aryl methyl sites for hydroxylation is 1. The van der Waals surface area contributed by atoms with Crippen LogP contribution in [0.15, 0.2) is 67.3 Å². The summed E-state index contributed by atoms with van der Waals surface area (Å²) in [6.45, 7) is 4.30. The zero-order valence-electron chi connectivity index (χ0n) is 12.3. The van der Waals surface area contributed by atoms with Gasteiger partial charge >= 0.3 is 0 Å². The van der Waals surface area contributed by atoms with Gasteiger partial charge in [0.25, 0.3) is 0 Å². The van der Waals surface area contributed by atoms with Gasteiger partial charge in [-0.2, -0.15) is 0 Å². The Morgan fingerprint density at radius 2 is 1.95 bits per heavy atom. The molecule has 0 saturated carbocycles. The fourth-order valence-electron chi connectivity index (χ4n) is 2.48. The molecule has 0 saturated heterocycles. The second kappa shape index (κ2) is 5.83. The Kier molecular flexibility index (Phi) is 3.73.